The van der Waals surface area contributed by atoms with Crippen molar-refractivity contribution >= 4 is 34.0 Å². The van der Waals surface area contributed by atoms with Gasteiger partial charge in [0.1, 0.15) is 12.4 Å². The lowest BCUT2D eigenvalue weighted by molar-refractivity contribution is -0.115. The van der Waals surface area contributed by atoms with Gasteiger partial charge in [-0.15, -0.1) is 11.3 Å². The Morgan fingerprint density at radius 2 is 1.79 bits per heavy atom. The highest BCUT2D eigenvalue weighted by Crippen LogP contribution is 2.30. The van der Waals surface area contributed by atoms with E-state index in [2.05, 4.69) is 9.72 Å². The molecule has 0 radical (unpaired) electrons. The third kappa shape index (κ3) is 4.81. The molecule has 0 fully saturated rings. The van der Waals surface area contributed by atoms with Crippen molar-refractivity contribution in [1.82, 2.24) is 4.98 Å². The molecule has 0 aliphatic carbocycles. The molecule has 2 aromatic carbocycles. The van der Waals surface area contributed by atoms with Gasteiger partial charge < -0.3 is 9.47 Å². The second-order valence-electron chi connectivity index (χ2n) is 6.55. The maximum absolute atomic E-state index is 12.3. The summed E-state index contributed by atoms with van der Waals surface area (Å²) >= 11 is 1.39. The smallest absolute Gasteiger partial charge is 0.337 e. The van der Waals surface area contributed by atoms with Crippen LogP contribution in [0.25, 0.3) is 0 Å². The van der Waals surface area contributed by atoms with Crippen molar-refractivity contribution in [2.24, 2.45) is 0 Å². The predicted molar refractivity (Wildman–Crippen MR) is 113 cm³/mol. The molecule has 3 rings (SSSR count). The van der Waals surface area contributed by atoms with Crippen LogP contribution in [0.4, 0.5) is 10.8 Å². The minimum absolute atomic E-state index is 0.103. The molecular formula is C22H22N2O4S. The van der Waals surface area contributed by atoms with Gasteiger partial charge in [-0.05, 0) is 61.4 Å². The molecule has 0 N–H and O–H groups in total. The van der Waals surface area contributed by atoms with Gasteiger partial charge in [-0.2, -0.15) is 0 Å². The van der Waals surface area contributed by atoms with Crippen molar-refractivity contribution in [3.63, 3.8) is 0 Å². The summed E-state index contributed by atoms with van der Waals surface area (Å²) < 4.78 is 10.4. The number of amides is 1. The number of benzene rings is 2. The fourth-order valence-electron chi connectivity index (χ4n) is 2.72. The van der Waals surface area contributed by atoms with E-state index in [1.165, 1.54) is 30.9 Å². The van der Waals surface area contributed by atoms with Gasteiger partial charge in [0.15, 0.2) is 5.13 Å². The molecule has 7 heteroatoms. The van der Waals surface area contributed by atoms with Crippen LogP contribution >= 0.6 is 11.3 Å². The molecule has 0 saturated heterocycles. The van der Waals surface area contributed by atoms with Crippen LogP contribution in [0, 0.1) is 13.8 Å². The lowest BCUT2D eigenvalue weighted by Gasteiger charge is -2.19. The number of hydrogen-bond donors (Lipinski definition) is 0. The topological polar surface area (TPSA) is 68.7 Å². The number of hydrogen-bond acceptors (Lipinski definition) is 6. The molecule has 1 aromatic heterocycles. The number of esters is 1. The van der Waals surface area contributed by atoms with E-state index in [-0.39, 0.29) is 12.5 Å². The Kier molecular flexibility index (Phi) is 6.29. The fourth-order valence-corrected chi connectivity index (χ4v) is 3.59. The van der Waals surface area contributed by atoms with Crippen LogP contribution in [0.5, 0.6) is 5.75 Å². The third-order valence-electron chi connectivity index (χ3n) is 4.46. The molecule has 0 unspecified atom stereocenters. The van der Waals surface area contributed by atoms with Crippen molar-refractivity contribution in [2.75, 3.05) is 12.0 Å². The third-order valence-corrected chi connectivity index (χ3v) is 5.33. The number of aryl methyl sites for hydroxylation is 2. The normalized spacial score (nSPS) is 10.5. The van der Waals surface area contributed by atoms with Gasteiger partial charge in [0.25, 0.3) is 0 Å². The first-order valence-corrected chi connectivity index (χ1v) is 9.90. The molecule has 0 aliphatic heterocycles. The number of nitrogens with zero attached hydrogens (tertiary/aromatic N) is 2. The Morgan fingerprint density at radius 1 is 1.07 bits per heavy atom. The summed E-state index contributed by atoms with van der Waals surface area (Å²) in [5, 5.41) is 2.47. The van der Waals surface area contributed by atoms with Crippen LogP contribution in [0.3, 0.4) is 0 Å². The number of rotatable bonds is 6. The second-order valence-corrected chi connectivity index (χ2v) is 7.39. The van der Waals surface area contributed by atoms with Crippen molar-refractivity contribution in [3.05, 3.63) is 70.2 Å². The van der Waals surface area contributed by atoms with Gasteiger partial charge in [-0.1, -0.05) is 6.07 Å². The molecule has 3 aromatic rings. The Morgan fingerprint density at radius 3 is 2.41 bits per heavy atom. The summed E-state index contributed by atoms with van der Waals surface area (Å²) in [5.41, 5.74) is 4.26. The zero-order valence-electron chi connectivity index (χ0n) is 16.8. The van der Waals surface area contributed by atoms with Crippen molar-refractivity contribution in [3.8, 4) is 5.75 Å². The molecule has 0 aliphatic rings. The average molecular weight is 410 g/mol. The Labute approximate surface area is 173 Å². The van der Waals surface area contributed by atoms with Crippen molar-refractivity contribution in [1.29, 1.82) is 0 Å². The first kappa shape index (κ1) is 20.5. The maximum atomic E-state index is 12.3. The van der Waals surface area contributed by atoms with Gasteiger partial charge in [0, 0.05) is 12.3 Å². The van der Waals surface area contributed by atoms with Gasteiger partial charge in [-0.25, -0.2) is 9.78 Å². The summed E-state index contributed by atoms with van der Waals surface area (Å²) in [5.74, 6) is 0.120. The van der Waals surface area contributed by atoms with Crippen LogP contribution in [-0.4, -0.2) is 24.0 Å². The Bertz CT molecular complexity index is 1030. The summed E-state index contributed by atoms with van der Waals surface area (Å²) in [6, 6.07) is 12.6. The minimum Gasteiger partial charge on any atom is -0.487 e. The Hall–Kier alpha value is -3.19. The lowest BCUT2D eigenvalue weighted by atomic mass is 10.1. The van der Waals surface area contributed by atoms with E-state index in [0.29, 0.717) is 16.4 Å². The first-order chi connectivity index (χ1) is 13.9. The van der Waals surface area contributed by atoms with E-state index in [1.807, 2.05) is 37.4 Å². The van der Waals surface area contributed by atoms with E-state index in [0.717, 1.165) is 16.9 Å². The van der Waals surface area contributed by atoms with Crippen LogP contribution in [0.1, 0.15) is 34.1 Å². The molecule has 0 bridgehead atoms. The minimum atomic E-state index is -0.392. The van der Waals surface area contributed by atoms with Gasteiger partial charge in [0.2, 0.25) is 5.91 Å². The molecule has 29 heavy (non-hydrogen) atoms. The maximum Gasteiger partial charge on any atom is 0.337 e. The summed E-state index contributed by atoms with van der Waals surface area (Å²) in [4.78, 5) is 29.9. The zero-order valence-corrected chi connectivity index (χ0v) is 17.6. The summed E-state index contributed by atoms with van der Waals surface area (Å²) in [6.07, 6.45) is 0. The van der Waals surface area contributed by atoms with E-state index in [1.54, 1.807) is 29.2 Å². The van der Waals surface area contributed by atoms with Crippen molar-refractivity contribution < 1.29 is 19.1 Å². The van der Waals surface area contributed by atoms with E-state index < -0.39 is 5.97 Å². The number of carbonyl (C=O) groups excluding carboxylic acids is 2. The van der Waals surface area contributed by atoms with Gasteiger partial charge in [-0.3, -0.25) is 9.69 Å². The second kappa shape index (κ2) is 8.87. The fraction of sp³-hybridized carbons (Fsp3) is 0.227. The standard InChI is InChI=1S/C22H22N2O4S/c1-14-5-8-19(11-15(14)2)24(16(3)25)22-23-18(13-29-22)12-28-20-9-6-17(7-10-20)21(26)27-4/h5-11,13H,12H2,1-4H3. The van der Waals surface area contributed by atoms with Crippen LogP contribution in [0.2, 0.25) is 0 Å². The SMILES string of the molecule is COC(=O)c1ccc(OCc2csc(N(C(C)=O)c3ccc(C)c(C)c3)n2)cc1. The lowest BCUT2D eigenvalue weighted by Crippen LogP contribution is -2.22. The van der Waals surface area contributed by atoms with E-state index >= 15 is 0 Å². The number of thiazole rings is 1. The predicted octanol–water partition coefficient (Wildman–Crippen LogP) is 4.81. The molecule has 150 valence electrons. The molecular weight excluding hydrogens is 388 g/mol. The monoisotopic (exact) mass is 410 g/mol. The summed E-state index contributed by atoms with van der Waals surface area (Å²) in [6.45, 7) is 5.83. The van der Waals surface area contributed by atoms with Crippen LogP contribution < -0.4 is 9.64 Å². The molecule has 0 spiro atoms. The molecule has 6 nitrogen and oxygen atoms in total. The molecule has 1 amide bonds. The number of anilines is 2. The first-order valence-electron chi connectivity index (χ1n) is 9.02. The highest BCUT2D eigenvalue weighted by Gasteiger charge is 2.18. The average Bonchev–Trinajstić information content (AvgIpc) is 3.17. The molecule has 0 atom stereocenters. The van der Waals surface area contributed by atoms with Gasteiger partial charge >= 0.3 is 5.97 Å². The van der Waals surface area contributed by atoms with E-state index in [9.17, 15) is 9.59 Å². The number of carbonyl (C=O) groups is 2. The van der Waals surface area contributed by atoms with Crippen LogP contribution in [-0.2, 0) is 16.1 Å². The largest absolute Gasteiger partial charge is 0.487 e. The quantitative estimate of drug-likeness (QED) is 0.546. The summed E-state index contributed by atoms with van der Waals surface area (Å²) in [7, 11) is 1.34. The number of methoxy groups -OCH3 is 1. The molecule has 1 heterocycles. The highest BCUT2D eigenvalue weighted by atomic mass is 32.1. The number of aromatic nitrogens is 1. The highest BCUT2D eigenvalue weighted by molar-refractivity contribution is 7.14. The van der Waals surface area contributed by atoms with Gasteiger partial charge in [0.05, 0.1) is 24.1 Å². The zero-order chi connectivity index (χ0) is 21.0. The number of ether oxygens (including phenoxy) is 2. The van der Waals surface area contributed by atoms with E-state index in [4.69, 9.17) is 4.74 Å². The molecule has 0 saturated carbocycles. The van der Waals surface area contributed by atoms with Crippen molar-refractivity contribution in [2.45, 2.75) is 27.4 Å². The van der Waals surface area contributed by atoms with Crippen LogP contribution in [0.15, 0.2) is 47.8 Å². The Balaban J connectivity index is 1.72.